The molecular formula is C14H7F17O3. The van der Waals surface area contributed by atoms with Gasteiger partial charge in [0, 0.05) is 6.08 Å². The van der Waals surface area contributed by atoms with Crippen LogP contribution in [-0.2, 0) is 14.3 Å². The molecule has 0 rings (SSSR count). The highest BCUT2D eigenvalue weighted by atomic mass is 19.4. The van der Waals surface area contributed by atoms with Gasteiger partial charge in [-0.05, 0) is 0 Å². The van der Waals surface area contributed by atoms with E-state index in [1.54, 1.807) is 0 Å². The summed E-state index contributed by atoms with van der Waals surface area (Å²) >= 11 is 0. The molecule has 0 radical (unpaired) electrons. The zero-order valence-electron chi connectivity index (χ0n) is 15.3. The Hall–Kier alpha value is -2.44. The molecule has 20 heteroatoms. The zero-order valence-corrected chi connectivity index (χ0v) is 15.3. The van der Waals surface area contributed by atoms with E-state index in [9.17, 15) is 79.4 Å². The Morgan fingerprint density at radius 2 is 0.971 bits per heavy atom. The molecule has 0 aromatic heterocycles. The lowest BCUT2D eigenvalue weighted by Gasteiger charge is -2.41. The molecular weight excluding hydrogens is 539 g/mol. The third-order valence-electron chi connectivity index (χ3n) is 3.50. The van der Waals surface area contributed by atoms with Gasteiger partial charge in [-0.3, -0.25) is 0 Å². The summed E-state index contributed by atoms with van der Waals surface area (Å²) in [6, 6.07) is -3.59. The number of hydrogen-bond donors (Lipinski definition) is 0. The monoisotopic (exact) mass is 546 g/mol. The zero-order chi connectivity index (χ0) is 27.8. The van der Waals surface area contributed by atoms with Gasteiger partial charge in [0.25, 0.3) is 0 Å². The van der Waals surface area contributed by atoms with Crippen molar-refractivity contribution in [3.8, 4) is 0 Å². The maximum atomic E-state index is 13.4. The number of esters is 1. The average Bonchev–Trinajstić information content (AvgIpc) is 2.68. The topological polar surface area (TPSA) is 35.5 Å². The Bertz CT molecular complexity index is 796. The van der Waals surface area contributed by atoms with E-state index >= 15 is 0 Å². The Morgan fingerprint density at radius 3 is 1.35 bits per heavy atom. The number of carbonyl (C=O) groups excluding carboxylic acids is 1. The Kier molecular flexibility index (Phi) is 8.64. The maximum absolute atomic E-state index is 13.4. The van der Waals surface area contributed by atoms with Crippen LogP contribution < -0.4 is 0 Å². The number of rotatable bonds is 11. The molecule has 0 aromatic rings. The smallest absolute Gasteiger partial charge is 0.460 e. The number of ether oxygens (including phenoxy) is 2. The van der Waals surface area contributed by atoms with Crippen LogP contribution in [-0.4, -0.2) is 60.9 Å². The largest absolute Gasteiger partial charge is 0.465 e. The van der Waals surface area contributed by atoms with Gasteiger partial charge in [0.1, 0.15) is 13.2 Å². The van der Waals surface area contributed by atoms with Crippen LogP contribution in [0, 0.1) is 0 Å². The number of halogens is 17. The summed E-state index contributed by atoms with van der Waals surface area (Å²) in [4.78, 5) is 10.6. The molecule has 0 N–H and O–H groups in total. The maximum Gasteiger partial charge on any atom is 0.460 e. The van der Waals surface area contributed by atoms with Crippen LogP contribution in [0.25, 0.3) is 0 Å². The fourth-order valence-corrected chi connectivity index (χ4v) is 1.62. The second-order valence-electron chi connectivity index (χ2n) is 5.75. The first-order valence-electron chi connectivity index (χ1n) is 7.60. The van der Waals surface area contributed by atoms with E-state index in [1.165, 1.54) is 0 Å². The summed E-state index contributed by atoms with van der Waals surface area (Å²) < 4.78 is 228. The molecule has 34 heavy (non-hydrogen) atoms. The van der Waals surface area contributed by atoms with E-state index in [1.807, 2.05) is 0 Å². The predicted molar refractivity (Wildman–Crippen MR) is 72.1 cm³/mol. The molecule has 0 amide bonds. The number of alkyl halides is 15. The molecule has 0 aliphatic heterocycles. The Morgan fingerprint density at radius 1 is 0.618 bits per heavy atom. The van der Waals surface area contributed by atoms with Gasteiger partial charge in [0.05, 0.1) is 0 Å². The lowest BCUT2D eigenvalue weighted by molar-refractivity contribution is -0.451. The summed E-state index contributed by atoms with van der Waals surface area (Å²) in [6.45, 7) is 0.0954. The predicted octanol–water partition coefficient (Wildman–Crippen LogP) is 6.21. The van der Waals surface area contributed by atoms with Crippen molar-refractivity contribution in [3.63, 3.8) is 0 Å². The normalized spacial score (nSPS) is 15.6. The van der Waals surface area contributed by atoms with Crippen LogP contribution in [0.4, 0.5) is 74.6 Å². The van der Waals surface area contributed by atoms with Gasteiger partial charge in [-0.25, -0.2) is 4.79 Å². The van der Waals surface area contributed by atoms with Crippen molar-refractivity contribution in [2.24, 2.45) is 0 Å². The van der Waals surface area contributed by atoms with Crippen LogP contribution in [0.2, 0.25) is 0 Å². The van der Waals surface area contributed by atoms with Crippen molar-refractivity contribution >= 4 is 5.97 Å². The summed E-state index contributed by atoms with van der Waals surface area (Å²) in [5.74, 6) is -55.6. The number of carbonyl (C=O) groups is 1. The van der Waals surface area contributed by atoms with E-state index in [0.29, 0.717) is 6.08 Å². The van der Waals surface area contributed by atoms with Gasteiger partial charge in [0.15, 0.2) is 0 Å². The molecule has 0 saturated heterocycles. The fraction of sp³-hybridized carbons (Fsp3) is 0.643. The third kappa shape index (κ3) is 4.84. The summed E-state index contributed by atoms with van der Waals surface area (Å²) in [5.41, 5.74) is 0. The van der Waals surface area contributed by atoms with Crippen LogP contribution in [0.1, 0.15) is 0 Å². The SMILES string of the molecule is C=CC(=O)OCCOC(F)=C(F)C(F)(F)C(F)(F)C(F)(F)C(F)(F)C(F)(F)C(F)(F)C(F)(F)F. The molecule has 200 valence electrons. The van der Waals surface area contributed by atoms with E-state index < -0.39 is 72.7 Å². The molecule has 0 spiro atoms. The molecule has 0 heterocycles. The lowest BCUT2D eigenvalue weighted by Crippen LogP contribution is -2.72. The molecule has 0 unspecified atom stereocenters. The minimum atomic E-state index is -8.65. The number of allylic oxidation sites excluding steroid dienone is 1. The minimum Gasteiger partial charge on any atom is -0.465 e. The van der Waals surface area contributed by atoms with Crippen LogP contribution in [0.15, 0.2) is 24.5 Å². The highest BCUT2D eigenvalue weighted by Gasteiger charge is 2.93. The molecule has 0 fully saturated rings. The molecule has 0 bridgehead atoms. The molecule has 0 atom stereocenters. The average molecular weight is 546 g/mol. The summed E-state index contributed by atoms with van der Waals surface area (Å²) in [6.07, 6.45) is -7.35. The molecule has 0 aromatic carbocycles. The standard InChI is InChI=1S/C14H7F17O3/c1-2-5(32)33-3-4-34-7(16)6(15)8(17,18)9(19,20)10(21,22)11(23,24)12(25,26)13(27,28)14(29,30)31/h2H,1,3-4H2. The van der Waals surface area contributed by atoms with Crippen LogP contribution in [0.3, 0.4) is 0 Å². The summed E-state index contributed by atoms with van der Waals surface area (Å²) in [7, 11) is 0. The second-order valence-corrected chi connectivity index (χ2v) is 5.75. The van der Waals surface area contributed by atoms with Crippen molar-refractivity contribution < 1.29 is 88.9 Å². The van der Waals surface area contributed by atoms with Crippen molar-refractivity contribution in [2.75, 3.05) is 13.2 Å². The first-order chi connectivity index (χ1) is 14.8. The Balaban J connectivity index is 6.30. The van der Waals surface area contributed by atoms with Gasteiger partial charge in [-0.1, -0.05) is 6.58 Å². The van der Waals surface area contributed by atoms with E-state index in [4.69, 9.17) is 0 Å². The molecule has 0 aliphatic carbocycles. The highest BCUT2D eigenvalue weighted by molar-refractivity contribution is 5.81. The van der Waals surface area contributed by atoms with Gasteiger partial charge in [-0.15, -0.1) is 0 Å². The molecule has 0 saturated carbocycles. The van der Waals surface area contributed by atoms with Crippen LogP contribution >= 0.6 is 0 Å². The van der Waals surface area contributed by atoms with Crippen molar-refractivity contribution in [2.45, 2.75) is 41.7 Å². The van der Waals surface area contributed by atoms with Gasteiger partial charge in [-0.2, -0.15) is 74.6 Å². The van der Waals surface area contributed by atoms with E-state index in [-0.39, 0.29) is 0 Å². The quantitative estimate of drug-likeness (QED) is 0.102. The number of hydrogen-bond acceptors (Lipinski definition) is 3. The fourth-order valence-electron chi connectivity index (χ4n) is 1.62. The molecule has 0 aliphatic rings. The van der Waals surface area contributed by atoms with E-state index in [0.717, 1.165) is 0 Å². The summed E-state index contributed by atoms with van der Waals surface area (Å²) in [5, 5.41) is 0. The van der Waals surface area contributed by atoms with Gasteiger partial charge in [0.2, 0.25) is 5.83 Å². The third-order valence-corrected chi connectivity index (χ3v) is 3.50. The van der Waals surface area contributed by atoms with Gasteiger partial charge < -0.3 is 9.47 Å². The minimum absolute atomic E-state index is 0.446. The van der Waals surface area contributed by atoms with Crippen molar-refractivity contribution in [3.05, 3.63) is 24.5 Å². The van der Waals surface area contributed by atoms with E-state index in [2.05, 4.69) is 16.1 Å². The van der Waals surface area contributed by atoms with Gasteiger partial charge >= 0.3 is 53.7 Å². The van der Waals surface area contributed by atoms with Crippen molar-refractivity contribution in [1.82, 2.24) is 0 Å². The first kappa shape index (κ1) is 31.6. The van der Waals surface area contributed by atoms with Crippen molar-refractivity contribution in [1.29, 1.82) is 0 Å². The van der Waals surface area contributed by atoms with Crippen LogP contribution in [0.5, 0.6) is 0 Å². The lowest BCUT2D eigenvalue weighted by atomic mass is 9.91. The highest BCUT2D eigenvalue weighted by Crippen LogP contribution is 2.63. The first-order valence-corrected chi connectivity index (χ1v) is 7.60. The molecule has 3 nitrogen and oxygen atoms in total. The Labute approximate surface area is 175 Å². The second kappa shape index (κ2) is 9.31.